The molecule has 108 valence electrons. The summed E-state index contributed by atoms with van der Waals surface area (Å²) in [6, 6.07) is 18.4. The van der Waals surface area contributed by atoms with Crippen molar-refractivity contribution in [3.63, 3.8) is 0 Å². The maximum atomic E-state index is 6.09. The molecule has 2 nitrogen and oxygen atoms in total. The predicted octanol–water partition coefficient (Wildman–Crippen LogP) is 5.45. The third kappa shape index (κ3) is 2.91. The van der Waals surface area contributed by atoms with Crippen LogP contribution in [0.4, 0.5) is 0 Å². The molecule has 0 bridgehead atoms. The summed E-state index contributed by atoms with van der Waals surface area (Å²) >= 11 is 6.09. The van der Waals surface area contributed by atoms with Crippen LogP contribution in [0.2, 0.25) is 5.02 Å². The summed E-state index contributed by atoms with van der Waals surface area (Å²) < 4.78 is 8.19. The molecular weight excluding hydrogens is 282 g/mol. The molecule has 0 aliphatic carbocycles. The van der Waals surface area contributed by atoms with E-state index in [1.807, 2.05) is 42.5 Å². The second-order valence-corrected chi connectivity index (χ2v) is 5.84. The molecule has 0 radical (unpaired) electrons. The molecule has 2 aromatic carbocycles. The van der Waals surface area contributed by atoms with Gasteiger partial charge in [0.25, 0.3) is 0 Å². The molecule has 1 aromatic heterocycles. The fourth-order valence-corrected chi connectivity index (χ4v) is 2.84. The number of halogens is 1. The minimum absolute atomic E-state index is 0.373. The topological polar surface area (TPSA) is 14.2 Å². The molecule has 0 fully saturated rings. The highest BCUT2D eigenvalue weighted by molar-refractivity contribution is 6.31. The monoisotopic (exact) mass is 299 g/mol. The van der Waals surface area contributed by atoms with Crippen LogP contribution in [0.25, 0.3) is 10.9 Å². The molecule has 1 heterocycles. The molecule has 0 aliphatic heterocycles. The molecule has 0 atom stereocenters. The van der Waals surface area contributed by atoms with Gasteiger partial charge in [0.05, 0.1) is 5.69 Å². The van der Waals surface area contributed by atoms with Gasteiger partial charge in [0.2, 0.25) is 0 Å². The van der Waals surface area contributed by atoms with Crippen LogP contribution in [0.5, 0.6) is 5.75 Å². The number of hydrogen-bond acceptors (Lipinski definition) is 1. The van der Waals surface area contributed by atoms with Crippen LogP contribution >= 0.6 is 11.6 Å². The van der Waals surface area contributed by atoms with E-state index in [0.29, 0.717) is 12.6 Å². The zero-order valence-corrected chi connectivity index (χ0v) is 13.0. The van der Waals surface area contributed by atoms with E-state index >= 15 is 0 Å². The van der Waals surface area contributed by atoms with Gasteiger partial charge >= 0.3 is 0 Å². The lowest BCUT2D eigenvalue weighted by molar-refractivity contribution is 0.293. The van der Waals surface area contributed by atoms with E-state index in [4.69, 9.17) is 16.3 Å². The molecule has 0 N–H and O–H groups in total. The lowest BCUT2D eigenvalue weighted by Gasteiger charge is -2.15. The summed E-state index contributed by atoms with van der Waals surface area (Å²) in [6.07, 6.45) is 0. The van der Waals surface area contributed by atoms with Gasteiger partial charge < -0.3 is 9.30 Å². The summed E-state index contributed by atoms with van der Waals surface area (Å²) in [5.74, 6) is 0.885. The minimum Gasteiger partial charge on any atom is -0.487 e. The summed E-state index contributed by atoms with van der Waals surface area (Å²) in [5, 5.41) is 1.92. The number of para-hydroxylation sites is 1. The van der Waals surface area contributed by atoms with E-state index in [9.17, 15) is 0 Å². The largest absolute Gasteiger partial charge is 0.487 e. The second-order valence-electron chi connectivity index (χ2n) is 5.40. The van der Waals surface area contributed by atoms with Crippen LogP contribution in [-0.2, 0) is 6.61 Å². The van der Waals surface area contributed by atoms with Crippen molar-refractivity contribution in [1.82, 2.24) is 4.57 Å². The molecular formula is C18H18ClNO. The Morgan fingerprint density at radius 2 is 1.81 bits per heavy atom. The first-order valence-electron chi connectivity index (χ1n) is 7.12. The summed E-state index contributed by atoms with van der Waals surface area (Å²) in [6.45, 7) is 4.91. The van der Waals surface area contributed by atoms with Gasteiger partial charge in [0.1, 0.15) is 12.4 Å². The first-order valence-corrected chi connectivity index (χ1v) is 7.50. The Morgan fingerprint density at radius 3 is 2.52 bits per heavy atom. The smallest absolute Gasteiger partial charge is 0.128 e. The lowest BCUT2D eigenvalue weighted by atomic mass is 10.2. The quantitative estimate of drug-likeness (QED) is 0.624. The van der Waals surface area contributed by atoms with Crippen LogP contribution in [0.15, 0.2) is 54.6 Å². The van der Waals surface area contributed by atoms with Gasteiger partial charge in [-0.25, -0.2) is 0 Å². The first kappa shape index (κ1) is 14.0. The fraction of sp³-hybridized carbons (Fsp3) is 0.222. The number of aromatic nitrogens is 1. The maximum Gasteiger partial charge on any atom is 0.128 e. The number of rotatable bonds is 4. The molecule has 21 heavy (non-hydrogen) atoms. The van der Waals surface area contributed by atoms with Crippen LogP contribution in [0.3, 0.4) is 0 Å². The van der Waals surface area contributed by atoms with E-state index in [1.54, 1.807) is 0 Å². The van der Waals surface area contributed by atoms with Gasteiger partial charge in [-0.3, -0.25) is 0 Å². The first-order chi connectivity index (χ1) is 10.1. The lowest BCUT2D eigenvalue weighted by Crippen LogP contribution is -2.08. The third-order valence-corrected chi connectivity index (χ3v) is 3.76. The summed E-state index contributed by atoms with van der Waals surface area (Å²) in [4.78, 5) is 0. The Hall–Kier alpha value is -1.93. The highest BCUT2D eigenvalue weighted by Crippen LogP contribution is 2.27. The third-order valence-electron chi connectivity index (χ3n) is 3.53. The van der Waals surface area contributed by atoms with E-state index < -0.39 is 0 Å². The number of benzene rings is 2. The highest BCUT2D eigenvalue weighted by Gasteiger charge is 2.12. The molecule has 0 saturated carbocycles. The molecule has 3 rings (SSSR count). The van der Waals surface area contributed by atoms with Crippen LogP contribution < -0.4 is 4.74 Å². The van der Waals surface area contributed by atoms with E-state index in [0.717, 1.165) is 21.9 Å². The Bertz CT molecular complexity index is 747. The number of hydrogen-bond donors (Lipinski definition) is 0. The van der Waals surface area contributed by atoms with Crippen molar-refractivity contribution in [2.75, 3.05) is 0 Å². The van der Waals surface area contributed by atoms with E-state index in [1.165, 1.54) is 5.52 Å². The van der Waals surface area contributed by atoms with Crippen LogP contribution in [0.1, 0.15) is 25.6 Å². The molecule has 0 spiro atoms. The fourth-order valence-electron chi connectivity index (χ4n) is 2.66. The SMILES string of the molecule is CC(C)n1c(COc2ccccc2)cc2cc(Cl)ccc21. The van der Waals surface area contributed by atoms with Crippen molar-refractivity contribution in [3.05, 3.63) is 65.3 Å². The summed E-state index contributed by atoms with van der Waals surface area (Å²) in [7, 11) is 0. The van der Waals surface area contributed by atoms with Crippen LogP contribution in [-0.4, -0.2) is 4.57 Å². The molecule has 3 heteroatoms. The number of fused-ring (bicyclic) bond motifs is 1. The van der Waals surface area contributed by atoms with Gasteiger partial charge in [-0.05, 0) is 50.2 Å². The average Bonchev–Trinajstić information content (AvgIpc) is 2.83. The van der Waals surface area contributed by atoms with E-state index in [-0.39, 0.29) is 0 Å². The molecule has 0 saturated heterocycles. The molecule has 0 unspecified atom stereocenters. The number of ether oxygens (including phenoxy) is 1. The highest BCUT2D eigenvalue weighted by atomic mass is 35.5. The van der Waals surface area contributed by atoms with E-state index in [2.05, 4.69) is 30.5 Å². The average molecular weight is 300 g/mol. The van der Waals surface area contributed by atoms with Crippen molar-refractivity contribution in [1.29, 1.82) is 0 Å². The Balaban J connectivity index is 1.95. The van der Waals surface area contributed by atoms with Gasteiger partial charge in [-0.15, -0.1) is 0 Å². The van der Waals surface area contributed by atoms with Gasteiger partial charge in [-0.2, -0.15) is 0 Å². The second kappa shape index (κ2) is 5.82. The predicted molar refractivity (Wildman–Crippen MR) is 88.1 cm³/mol. The van der Waals surface area contributed by atoms with Crippen molar-refractivity contribution < 1.29 is 4.74 Å². The van der Waals surface area contributed by atoms with Crippen LogP contribution in [0, 0.1) is 0 Å². The standard InChI is InChI=1S/C18H18ClNO/c1-13(2)20-16(12-21-17-6-4-3-5-7-17)11-14-10-15(19)8-9-18(14)20/h3-11,13H,12H2,1-2H3. The van der Waals surface area contributed by atoms with Crippen molar-refractivity contribution in [2.24, 2.45) is 0 Å². The minimum atomic E-state index is 0.373. The molecule has 0 amide bonds. The Labute approximate surface area is 129 Å². The summed E-state index contributed by atoms with van der Waals surface area (Å²) in [5.41, 5.74) is 2.35. The van der Waals surface area contributed by atoms with Gasteiger partial charge in [0, 0.05) is 22.0 Å². The molecule has 0 aliphatic rings. The zero-order valence-electron chi connectivity index (χ0n) is 12.2. The van der Waals surface area contributed by atoms with Crippen molar-refractivity contribution in [2.45, 2.75) is 26.5 Å². The Kier molecular flexibility index (Phi) is 3.89. The normalized spacial score (nSPS) is 11.2. The van der Waals surface area contributed by atoms with Crippen molar-refractivity contribution in [3.8, 4) is 5.75 Å². The van der Waals surface area contributed by atoms with Crippen molar-refractivity contribution >= 4 is 22.5 Å². The zero-order chi connectivity index (χ0) is 14.8. The van der Waals surface area contributed by atoms with Gasteiger partial charge in [0.15, 0.2) is 0 Å². The Morgan fingerprint density at radius 1 is 1.05 bits per heavy atom. The maximum absolute atomic E-state index is 6.09. The van der Waals surface area contributed by atoms with Gasteiger partial charge in [-0.1, -0.05) is 29.8 Å². The number of nitrogens with zero attached hydrogens (tertiary/aromatic N) is 1. The molecule has 3 aromatic rings.